The third-order valence-electron chi connectivity index (χ3n) is 4.70. The fourth-order valence-electron chi connectivity index (χ4n) is 2.98. The van der Waals surface area contributed by atoms with E-state index in [9.17, 15) is 13.2 Å². The van der Waals surface area contributed by atoms with E-state index in [1.54, 1.807) is 32.2 Å². The number of ether oxygens (including phenoxy) is 2. The molecule has 31 heavy (non-hydrogen) atoms. The van der Waals surface area contributed by atoms with Crippen molar-refractivity contribution in [1.82, 2.24) is 5.32 Å². The van der Waals surface area contributed by atoms with Gasteiger partial charge in [0.2, 0.25) is 10.0 Å². The predicted octanol–water partition coefficient (Wildman–Crippen LogP) is 3.16. The Morgan fingerprint density at radius 1 is 0.968 bits per heavy atom. The Morgan fingerprint density at radius 2 is 1.71 bits per heavy atom. The van der Waals surface area contributed by atoms with Gasteiger partial charge in [0.25, 0.3) is 5.91 Å². The van der Waals surface area contributed by atoms with Crippen LogP contribution in [-0.4, -0.2) is 21.4 Å². The third kappa shape index (κ3) is 5.84. The van der Waals surface area contributed by atoms with Crippen molar-refractivity contribution in [3.63, 3.8) is 0 Å². The maximum atomic E-state index is 12.6. The number of rotatable bonds is 8. The van der Waals surface area contributed by atoms with Crippen molar-refractivity contribution < 1.29 is 22.7 Å². The lowest BCUT2D eigenvalue weighted by molar-refractivity contribution is 0.0950. The molecule has 0 aliphatic rings. The van der Waals surface area contributed by atoms with E-state index in [1.807, 2.05) is 36.4 Å². The molecule has 1 amide bonds. The Hall–Kier alpha value is -3.36. The number of hydrogen-bond donors (Lipinski definition) is 2. The van der Waals surface area contributed by atoms with Gasteiger partial charge in [-0.05, 0) is 47.9 Å². The fourth-order valence-corrected chi connectivity index (χ4v) is 3.52. The van der Waals surface area contributed by atoms with Crippen molar-refractivity contribution in [3.8, 4) is 11.5 Å². The van der Waals surface area contributed by atoms with Crippen LogP contribution in [-0.2, 0) is 23.2 Å². The molecule has 3 rings (SSSR count). The SMILES string of the molecule is COc1cc(CNC(=O)c2cc(S(N)(=O)=O)ccc2C)ccc1OCc1ccccc1. The van der Waals surface area contributed by atoms with Crippen LogP contribution in [0.4, 0.5) is 0 Å². The second-order valence-corrected chi connectivity index (χ2v) is 8.53. The second kappa shape index (κ2) is 9.63. The molecule has 3 aromatic rings. The first-order chi connectivity index (χ1) is 14.8. The van der Waals surface area contributed by atoms with E-state index in [-0.39, 0.29) is 17.0 Å². The molecule has 0 saturated carbocycles. The highest BCUT2D eigenvalue weighted by Crippen LogP contribution is 2.29. The van der Waals surface area contributed by atoms with E-state index in [0.717, 1.165) is 11.1 Å². The van der Waals surface area contributed by atoms with E-state index in [0.29, 0.717) is 23.7 Å². The van der Waals surface area contributed by atoms with Crippen molar-refractivity contribution >= 4 is 15.9 Å². The first-order valence-electron chi connectivity index (χ1n) is 9.53. The van der Waals surface area contributed by atoms with E-state index in [1.165, 1.54) is 12.1 Å². The standard InChI is InChI=1S/C23H24N2O5S/c1-16-8-10-19(31(24,27)28)13-20(16)23(26)25-14-18-9-11-21(22(12-18)29-2)30-15-17-6-4-3-5-7-17/h3-13H,14-15H2,1-2H3,(H,25,26)(H2,24,27,28). The number of methoxy groups -OCH3 is 1. The molecule has 8 heteroatoms. The van der Waals surface area contributed by atoms with Crippen molar-refractivity contribution in [2.75, 3.05) is 7.11 Å². The summed E-state index contributed by atoms with van der Waals surface area (Å²) in [5.74, 6) is 0.750. The van der Waals surface area contributed by atoms with Gasteiger partial charge in [0, 0.05) is 12.1 Å². The molecule has 0 aromatic heterocycles. The topological polar surface area (TPSA) is 108 Å². The lowest BCUT2D eigenvalue weighted by Crippen LogP contribution is -2.24. The van der Waals surface area contributed by atoms with Gasteiger partial charge in [0.15, 0.2) is 11.5 Å². The van der Waals surface area contributed by atoms with Crippen molar-refractivity contribution in [2.24, 2.45) is 5.14 Å². The van der Waals surface area contributed by atoms with Crippen LogP contribution in [0.1, 0.15) is 27.0 Å². The van der Waals surface area contributed by atoms with Gasteiger partial charge in [-0.15, -0.1) is 0 Å². The average molecular weight is 441 g/mol. The summed E-state index contributed by atoms with van der Waals surface area (Å²) >= 11 is 0. The number of primary sulfonamides is 1. The Balaban J connectivity index is 1.68. The molecule has 3 N–H and O–H groups in total. The van der Waals surface area contributed by atoms with Crippen LogP contribution in [0.3, 0.4) is 0 Å². The number of benzene rings is 3. The van der Waals surface area contributed by atoms with Gasteiger partial charge >= 0.3 is 0 Å². The van der Waals surface area contributed by atoms with Crippen LogP contribution >= 0.6 is 0 Å². The van der Waals surface area contributed by atoms with Gasteiger partial charge in [-0.2, -0.15) is 0 Å². The number of amides is 1. The lowest BCUT2D eigenvalue weighted by atomic mass is 10.1. The molecule has 0 saturated heterocycles. The lowest BCUT2D eigenvalue weighted by Gasteiger charge is -2.13. The molecule has 0 bridgehead atoms. The zero-order valence-corrected chi connectivity index (χ0v) is 18.1. The number of sulfonamides is 1. The summed E-state index contributed by atoms with van der Waals surface area (Å²) in [6.07, 6.45) is 0. The quantitative estimate of drug-likeness (QED) is 0.559. The summed E-state index contributed by atoms with van der Waals surface area (Å²) in [4.78, 5) is 12.5. The maximum Gasteiger partial charge on any atom is 0.251 e. The molecule has 0 aliphatic carbocycles. The number of nitrogens with one attached hydrogen (secondary N) is 1. The van der Waals surface area contributed by atoms with E-state index < -0.39 is 15.9 Å². The molecule has 0 heterocycles. The van der Waals surface area contributed by atoms with E-state index >= 15 is 0 Å². The minimum absolute atomic E-state index is 0.107. The summed E-state index contributed by atoms with van der Waals surface area (Å²) in [5.41, 5.74) is 2.74. The van der Waals surface area contributed by atoms with Gasteiger partial charge in [0.1, 0.15) is 6.61 Å². The molecule has 0 atom stereocenters. The van der Waals surface area contributed by atoms with E-state index in [2.05, 4.69) is 5.32 Å². The van der Waals surface area contributed by atoms with Gasteiger partial charge in [-0.25, -0.2) is 13.6 Å². The van der Waals surface area contributed by atoms with Crippen LogP contribution < -0.4 is 19.9 Å². The monoisotopic (exact) mass is 440 g/mol. The predicted molar refractivity (Wildman–Crippen MR) is 117 cm³/mol. The number of carbonyl (C=O) groups is 1. The van der Waals surface area contributed by atoms with Gasteiger partial charge < -0.3 is 14.8 Å². The maximum absolute atomic E-state index is 12.6. The smallest absolute Gasteiger partial charge is 0.251 e. The van der Waals surface area contributed by atoms with Crippen LogP contribution in [0.15, 0.2) is 71.6 Å². The Labute approximate surface area is 181 Å². The van der Waals surface area contributed by atoms with Crippen molar-refractivity contribution in [2.45, 2.75) is 25.0 Å². The zero-order valence-electron chi connectivity index (χ0n) is 17.3. The minimum atomic E-state index is -3.89. The number of nitrogens with two attached hydrogens (primary N) is 1. The number of aryl methyl sites for hydroxylation is 1. The van der Waals surface area contributed by atoms with Crippen LogP contribution in [0.25, 0.3) is 0 Å². The number of carbonyl (C=O) groups excluding carboxylic acids is 1. The second-order valence-electron chi connectivity index (χ2n) is 6.96. The Bertz CT molecular complexity index is 1180. The Kier molecular flexibility index (Phi) is 6.94. The van der Waals surface area contributed by atoms with E-state index in [4.69, 9.17) is 14.6 Å². The van der Waals surface area contributed by atoms with Gasteiger partial charge in [-0.1, -0.05) is 42.5 Å². The van der Waals surface area contributed by atoms with Gasteiger partial charge in [-0.3, -0.25) is 4.79 Å². The highest BCUT2D eigenvalue weighted by Gasteiger charge is 2.15. The molecule has 162 valence electrons. The number of hydrogen-bond acceptors (Lipinski definition) is 5. The summed E-state index contributed by atoms with van der Waals surface area (Å²) in [6, 6.07) is 19.4. The summed E-state index contributed by atoms with van der Waals surface area (Å²) in [7, 11) is -2.34. The summed E-state index contributed by atoms with van der Waals surface area (Å²) < 4.78 is 34.4. The largest absolute Gasteiger partial charge is 0.493 e. The zero-order chi connectivity index (χ0) is 22.4. The Morgan fingerprint density at radius 3 is 2.39 bits per heavy atom. The first kappa shape index (κ1) is 22.3. The van der Waals surface area contributed by atoms with Crippen LogP contribution in [0.2, 0.25) is 0 Å². The molecule has 0 radical (unpaired) electrons. The molecular weight excluding hydrogens is 416 g/mol. The van der Waals surface area contributed by atoms with Gasteiger partial charge in [0.05, 0.1) is 12.0 Å². The molecule has 0 aliphatic heterocycles. The summed E-state index contributed by atoms with van der Waals surface area (Å²) in [6.45, 7) is 2.36. The highest BCUT2D eigenvalue weighted by molar-refractivity contribution is 7.89. The fraction of sp³-hybridized carbons (Fsp3) is 0.174. The molecule has 3 aromatic carbocycles. The molecule has 7 nitrogen and oxygen atoms in total. The first-order valence-corrected chi connectivity index (χ1v) is 11.1. The average Bonchev–Trinajstić information content (AvgIpc) is 2.76. The van der Waals surface area contributed by atoms with Crippen LogP contribution in [0.5, 0.6) is 11.5 Å². The molecule has 0 fully saturated rings. The molecule has 0 unspecified atom stereocenters. The molecular formula is C23H24N2O5S. The van der Waals surface area contributed by atoms with Crippen molar-refractivity contribution in [3.05, 3.63) is 89.0 Å². The third-order valence-corrected chi connectivity index (χ3v) is 5.61. The highest BCUT2D eigenvalue weighted by atomic mass is 32.2. The van der Waals surface area contributed by atoms with Crippen molar-refractivity contribution in [1.29, 1.82) is 0 Å². The summed E-state index contributed by atoms with van der Waals surface area (Å²) in [5, 5.41) is 7.96. The minimum Gasteiger partial charge on any atom is -0.493 e. The normalized spacial score (nSPS) is 11.1. The van der Waals surface area contributed by atoms with Crippen LogP contribution in [0, 0.1) is 6.92 Å². The molecule has 0 spiro atoms.